The van der Waals surface area contributed by atoms with Crippen molar-refractivity contribution in [2.24, 2.45) is 5.10 Å². The lowest BCUT2D eigenvalue weighted by atomic mass is 10.2. The molecule has 0 atom stereocenters. The van der Waals surface area contributed by atoms with Crippen molar-refractivity contribution in [2.45, 2.75) is 31.6 Å². The van der Waals surface area contributed by atoms with Crippen molar-refractivity contribution in [3.05, 3.63) is 89.5 Å². The number of hydrogen-bond donors (Lipinski definition) is 2. The third-order valence-electron chi connectivity index (χ3n) is 4.76. The van der Waals surface area contributed by atoms with Gasteiger partial charge in [-0.15, -0.1) is 0 Å². The second-order valence-electron chi connectivity index (χ2n) is 7.47. The summed E-state index contributed by atoms with van der Waals surface area (Å²) in [4.78, 5) is 12.5. The molecule has 0 fully saturated rings. The van der Waals surface area contributed by atoms with E-state index >= 15 is 0 Å². The lowest BCUT2D eigenvalue weighted by Crippen LogP contribution is -2.18. The van der Waals surface area contributed by atoms with Crippen LogP contribution >= 0.6 is 0 Å². The Morgan fingerprint density at radius 3 is 2.27 bits per heavy atom. The molecule has 0 unspecified atom stereocenters. The summed E-state index contributed by atoms with van der Waals surface area (Å²) >= 11 is 0. The van der Waals surface area contributed by atoms with Crippen LogP contribution in [0.3, 0.4) is 0 Å². The van der Waals surface area contributed by atoms with Crippen molar-refractivity contribution in [3.8, 4) is 5.75 Å². The van der Waals surface area contributed by atoms with Gasteiger partial charge in [-0.25, -0.2) is 13.8 Å². The van der Waals surface area contributed by atoms with Crippen molar-refractivity contribution in [3.63, 3.8) is 0 Å². The van der Waals surface area contributed by atoms with Crippen molar-refractivity contribution in [2.75, 3.05) is 11.3 Å². The van der Waals surface area contributed by atoms with Gasteiger partial charge in [-0.05, 0) is 79.6 Å². The van der Waals surface area contributed by atoms with Gasteiger partial charge in [-0.2, -0.15) is 5.10 Å². The molecule has 0 aliphatic rings. The number of unbranched alkanes of at least 4 members (excludes halogenated alkanes) is 1. The Morgan fingerprint density at radius 1 is 0.970 bits per heavy atom. The number of nitrogens with one attached hydrogen (secondary N) is 2. The predicted molar refractivity (Wildman–Crippen MR) is 130 cm³/mol. The minimum atomic E-state index is -3.70. The minimum Gasteiger partial charge on any atom is -0.494 e. The van der Waals surface area contributed by atoms with E-state index in [1.165, 1.54) is 30.5 Å². The van der Waals surface area contributed by atoms with E-state index in [0.29, 0.717) is 17.9 Å². The number of sulfonamides is 1. The Morgan fingerprint density at radius 2 is 1.64 bits per heavy atom. The topological polar surface area (TPSA) is 96.9 Å². The smallest absolute Gasteiger partial charge is 0.271 e. The summed E-state index contributed by atoms with van der Waals surface area (Å²) in [5, 5.41) is 3.97. The van der Waals surface area contributed by atoms with Crippen LogP contribution in [0.4, 0.5) is 5.69 Å². The van der Waals surface area contributed by atoms with Gasteiger partial charge in [0.1, 0.15) is 5.75 Å². The summed E-state index contributed by atoms with van der Waals surface area (Å²) in [7, 11) is -3.70. The van der Waals surface area contributed by atoms with Crippen LogP contribution in [0.1, 0.15) is 41.3 Å². The van der Waals surface area contributed by atoms with Crippen LogP contribution in [0, 0.1) is 6.92 Å². The van der Waals surface area contributed by atoms with Crippen LogP contribution < -0.4 is 14.9 Å². The number of hydrogen-bond acceptors (Lipinski definition) is 5. The van der Waals surface area contributed by atoms with Gasteiger partial charge in [-0.1, -0.05) is 31.0 Å². The standard InChI is InChI=1S/C25H27N3O4S/c1-3-4-17-32-23-13-7-20(8-14-23)18-26-27-25(29)21-9-11-22(12-10-21)28-33(30,31)24-15-5-19(2)6-16-24/h5-16,18,28H,3-4,17H2,1-2H3,(H,27,29). The molecule has 0 saturated carbocycles. The number of carbonyl (C=O) groups excluding carboxylic acids is 1. The third-order valence-corrected chi connectivity index (χ3v) is 6.15. The van der Waals surface area contributed by atoms with E-state index < -0.39 is 15.9 Å². The molecule has 0 saturated heterocycles. The zero-order valence-electron chi connectivity index (χ0n) is 18.6. The van der Waals surface area contributed by atoms with Gasteiger partial charge in [0.05, 0.1) is 17.7 Å². The average molecular weight is 466 g/mol. The van der Waals surface area contributed by atoms with Crippen molar-refractivity contribution in [1.29, 1.82) is 0 Å². The minimum absolute atomic E-state index is 0.171. The highest BCUT2D eigenvalue weighted by atomic mass is 32.2. The zero-order chi connectivity index (χ0) is 23.7. The molecule has 0 spiro atoms. The number of amides is 1. The van der Waals surface area contributed by atoms with Crippen molar-refractivity contribution < 1.29 is 17.9 Å². The molecular weight excluding hydrogens is 438 g/mol. The molecule has 3 aromatic carbocycles. The molecule has 0 aliphatic heterocycles. The lowest BCUT2D eigenvalue weighted by molar-refractivity contribution is 0.0955. The molecule has 7 nitrogen and oxygen atoms in total. The molecule has 0 aliphatic carbocycles. The Bertz CT molecular complexity index is 1190. The molecule has 33 heavy (non-hydrogen) atoms. The Kier molecular flexibility index (Phi) is 8.21. The SMILES string of the molecule is CCCCOc1ccc(C=NNC(=O)c2ccc(NS(=O)(=O)c3ccc(C)cc3)cc2)cc1. The molecular formula is C25H27N3O4S. The second kappa shape index (κ2) is 11.3. The fraction of sp³-hybridized carbons (Fsp3) is 0.200. The highest BCUT2D eigenvalue weighted by Gasteiger charge is 2.14. The molecule has 172 valence electrons. The van der Waals surface area contributed by atoms with E-state index in [-0.39, 0.29) is 4.90 Å². The first kappa shape index (κ1) is 24.0. The first-order valence-corrected chi connectivity index (χ1v) is 12.1. The van der Waals surface area contributed by atoms with Gasteiger partial charge < -0.3 is 4.74 Å². The van der Waals surface area contributed by atoms with Gasteiger partial charge in [-0.3, -0.25) is 9.52 Å². The van der Waals surface area contributed by atoms with Gasteiger partial charge in [0, 0.05) is 11.3 Å². The molecule has 3 rings (SSSR count). The quantitative estimate of drug-likeness (QED) is 0.257. The number of benzene rings is 3. The molecule has 0 aromatic heterocycles. The summed E-state index contributed by atoms with van der Waals surface area (Å²) in [6.45, 7) is 4.68. The maximum Gasteiger partial charge on any atom is 0.271 e. The van der Waals surface area contributed by atoms with Crippen LogP contribution in [-0.2, 0) is 10.0 Å². The highest BCUT2D eigenvalue weighted by Crippen LogP contribution is 2.17. The van der Waals surface area contributed by atoms with Crippen LogP contribution in [-0.4, -0.2) is 27.1 Å². The van der Waals surface area contributed by atoms with Gasteiger partial charge in [0.15, 0.2) is 0 Å². The number of ether oxygens (including phenoxy) is 1. The Balaban J connectivity index is 1.54. The summed E-state index contributed by atoms with van der Waals surface area (Å²) in [5.41, 5.74) is 4.96. The number of carbonyl (C=O) groups is 1. The monoisotopic (exact) mass is 465 g/mol. The number of rotatable bonds is 10. The Hall–Kier alpha value is -3.65. The van der Waals surface area contributed by atoms with E-state index in [4.69, 9.17) is 4.74 Å². The normalized spacial score (nSPS) is 11.3. The number of nitrogens with zero attached hydrogens (tertiary/aromatic N) is 1. The predicted octanol–water partition coefficient (Wildman–Crippen LogP) is 4.74. The lowest BCUT2D eigenvalue weighted by Gasteiger charge is -2.09. The third kappa shape index (κ3) is 7.18. The van der Waals surface area contributed by atoms with Crippen LogP contribution in [0.2, 0.25) is 0 Å². The van der Waals surface area contributed by atoms with Crippen LogP contribution in [0.15, 0.2) is 82.8 Å². The summed E-state index contributed by atoms with van der Waals surface area (Å²) in [6.07, 6.45) is 3.63. The van der Waals surface area contributed by atoms with Gasteiger partial charge in [0.25, 0.3) is 15.9 Å². The number of aryl methyl sites for hydroxylation is 1. The number of hydrazone groups is 1. The van der Waals surface area contributed by atoms with E-state index in [2.05, 4.69) is 22.2 Å². The van der Waals surface area contributed by atoms with Crippen molar-refractivity contribution in [1.82, 2.24) is 5.43 Å². The fourth-order valence-electron chi connectivity index (χ4n) is 2.84. The molecule has 0 bridgehead atoms. The molecule has 0 radical (unpaired) electrons. The van der Waals surface area contributed by atoms with Crippen LogP contribution in [0.25, 0.3) is 0 Å². The first-order chi connectivity index (χ1) is 15.9. The summed E-state index contributed by atoms with van der Waals surface area (Å²) in [6, 6.07) is 20.1. The highest BCUT2D eigenvalue weighted by molar-refractivity contribution is 7.92. The van der Waals surface area contributed by atoms with Crippen molar-refractivity contribution >= 4 is 27.8 Å². The molecule has 3 aromatic rings. The van der Waals surface area contributed by atoms with E-state index in [9.17, 15) is 13.2 Å². The Labute approximate surface area is 194 Å². The zero-order valence-corrected chi connectivity index (χ0v) is 19.4. The summed E-state index contributed by atoms with van der Waals surface area (Å²) < 4.78 is 33.1. The second-order valence-corrected chi connectivity index (χ2v) is 9.15. The van der Waals surface area contributed by atoms with E-state index in [1.807, 2.05) is 31.2 Å². The summed E-state index contributed by atoms with van der Waals surface area (Å²) in [5.74, 6) is 0.390. The maximum atomic E-state index is 12.5. The first-order valence-electron chi connectivity index (χ1n) is 10.6. The molecule has 2 N–H and O–H groups in total. The molecule has 0 heterocycles. The van der Waals surface area contributed by atoms with E-state index in [1.54, 1.807) is 24.3 Å². The van der Waals surface area contributed by atoms with Gasteiger partial charge >= 0.3 is 0 Å². The largest absolute Gasteiger partial charge is 0.494 e. The molecule has 1 amide bonds. The molecule has 8 heteroatoms. The van der Waals surface area contributed by atoms with E-state index in [0.717, 1.165) is 29.7 Å². The van der Waals surface area contributed by atoms with Gasteiger partial charge in [0.2, 0.25) is 0 Å². The fourth-order valence-corrected chi connectivity index (χ4v) is 3.89. The number of anilines is 1. The average Bonchev–Trinajstić information content (AvgIpc) is 2.81. The van der Waals surface area contributed by atoms with Crippen LogP contribution in [0.5, 0.6) is 5.75 Å². The maximum absolute atomic E-state index is 12.5.